The molecule has 0 spiro atoms. The standard InChI is InChI=1S/C18H17N5O3S2/c1-19-17(26)21-12-6-4-11(5-7-12)20-15(24)9-13-10-28-18(22-13)23-16(25)14-3-2-8-27-14/h2-8,10H,9H2,1H3,(H,20,24)(H2,19,21,26)(H,22,23,25). The molecule has 4 N–H and O–H groups in total. The van der Waals surface area contributed by atoms with Gasteiger partial charge < -0.3 is 16.0 Å². The van der Waals surface area contributed by atoms with E-state index in [1.54, 1.807) is 41.8 Å². The maximum Gasteiger partial charge on any atom is 0.318 e. The number of nitrogens with one attached hydrogen (secondary N) is 4. The Morgan fingerprint density at radius 1 is 0.964 bits per heavy atom. The Hall–Kier alpha value is -3.24. The number of nitrogens with zero attached hydrogens (tertiary/aromatic N) is 1. The van der Waals surface area contributed by atoms with Crippen LogP contribution in [0.15, 0.2) is 47.2 Å². The van der Waals surface area contributed by atoms with Gasteiger partial charge in [-0.2, -0.15) is 0 Å². The molecule has 0 saturated heterocycles. The van der Waals surface area contributed by atoms with Crippen LogP contribution in [0.3, 0.4) is 0 Å². The van der Waals surface area contributed by atoms with Crippen molar-refractivity contribution in [1.82, 2.24) is 10.3 Å². The predicted molar refractivity (Wildman–Crippen MR) is 111 cm³/mol. The van der Waals surface area contributed by atoms with Crippen molar-refractivity contribution in [1.29, 1.82) is 0 Å². The molecule has 0 radical (unpaired) electrons. The van der Waals surface area contributed by atoms with Gasteiger partial charge in [-0.15, -0.1) is 22.7 Å². The Labute approximate surface area is 169 Å². The summed E-state index contributed by atoms with van der Waals surface area (Å²) in [6.45, 7) is 0. The van der Waals surface area contributed by atoms with Crippen molar-refractivity contribution in [3.8, 4) is 0 Å². The first-order valence-electron chi connectivity index (χ1n) is 8.21. The van der Waals surface area contributed by atoms with E-state index in [1.807, 2.05) is 5.38 Å². The first kappa shape index (κ1) is 19.5. The van der Waals surface area contributed by atoms with Gasteiger partial charge in [-0.3, -0.25) is 14.9 Å². The summed E-state index contributed by atoms with van der Waals surface area (Å²) >= 11 is 2.62. The molecule has 28 heavy (non-hydrogen) atoms. The Morgan fingerprint density at radius 3 is 2.32 bits per heavy atom. The van der Waals surface area contributed by atoms with Crippen molar-refractivity contribution < 1.29 is 14.4 Å². The van der Waals surface area contributed by atoms with Crippen molar-refractivity contribution in [3.63, 3.8) is 0 Å². The molecule has 0 aliphatic carbocycles. The third kappa shape index (κ3) is 5.38. The van der Waals surface area contributed by atoms with E-state index in [4.69, 9.17) is 0 Å². The number of amides is 4. The summed E-state index contributed by atoms with van der Waals surface area (Å²) in [4.78, 5) is 40.3. The average molecular weight is 416 g/mol. The van der Waals surface area contributed by atoms with E-state index in [0.29, 0.717) is 27.1 Å². The van der Waals surface area contributed by atoms with E-state index >= 15 is 0 Å². The van der Waals surface area contributed by atoms with Crippen LogP contribution in [0.1, 0.15) is 15.4 Å². The van der Waals surface area contributed by atoms with Crippen LogP contribution in [0.2, 0.25) is 0 Å². The highest BCUT2D eigenvalue weighted by atomic mass is 32.1. The third-order valence-corrected chi connectivity index (χ3v) is 5.19. The fraction of sp³-hybridized carbons (Fsp3) is 0.111. The second kappa shape index (κ2) is 9.11. The largest absolute Gasteiger partial charge is 0.341 e. The summed E-state index contributed by atoms with van der Waals surface area (Å²) in [5.41, 5.74) is 1.79. The molecule has 0 aliphatic rings. The van der Waals surface area contributed by atoms with Crippen LogP contribution in [0.4, 0.5) is 21.3 Å². The van der Waals surface area contributed by atoms with Crippen molar-refractivity contribution in [3.05, 3.63) is 57.7 Å². The number of urea groups is 1. The number of rotatable bonds is 6. The molecule has 1 aromatic carbocycles. The van der Waals surface area contributed by atoms with Gasteiger partial charge in [-0.05, 0) is 35.7 Å². The molecule has 0 aliphatic heterocycles. The summed E-state index contributed by atoms with van der Waals surface area (Å²) in [5, 5.41) is 14.6. The van der Waals surface area contributed by atoms with Crippen LogP contribution in [-0.4, -0.2) is 29.9 Å². The smallest absolute Gasteiger partial charge is 0.318 e. The van der Waals surface area contributed by atoms with Crippen molar-refractivity contribution in [2.75, 3.05) is 23.0 Å². The van der Waals surface area contributed by atoms with Crippen molar-refractivity contribution in [2.45, 2.75) is 6.42 Å². The van der Waals surface area contributed by atoms with Crippen molar-refractivity contribution in [2.24, 2.45) is 0 Å². The van der Waals surface area contributed by atoms with Crippen LogP contribution in [-0.2, 0) is 11.2 Å². The Bertz CT molecular complexity index is 968. The summed E-state index contributed by atoms with van der Waals surface area (Å²) < 4.78 is 0. The molecule has 2 aromatic heterocycles. The highest BCUT2D eigenvalue weighted by Crippen LogP contribution is 2.19. The molecule has 3 aromatic rings. The molecular weight excluding hydrogens is 398 g/mol. The molecule has 0 saturated carbocycles. The molecule has 144 valence electrons. The minimum atomic E-state index is -0.317. The lowest BCUT2D eigenvalue weighted by atomic mass is 10.2. The Morgan fingerprint density at radius 2 is 1.68 bits per heavy atom. The lowest BCUT2D eigenvalue weighted by molar-refractivity contribution is -0.115. The number of anilines is 3. The summed E-state index contributed by atoms with van der Waals surface area (Å²) in [6, 6.07) is 9.98. The second-order valence-corrected chi connectivity index (χ2v) is 7.39. The molecule has 0 fully saturated rings. The molecule has 4 amide bonds. The van der Waals surface area contributed by atoms with Crippen LogP contribution < -0.4 is 21.3 Å². The molecule has 10 heteroatoms. The van der Waals surface area contributed by atoms with E-state index < -0.39 is 0 Å². The SMILES string of the molecule is CNC(=O)Nc1ccc(NC(=O)Cc2csc(NC(=O)c3cccs3)n2)cc1. The second-order valence-electron chi connectivity index (χ2n) is 5.58. The molecule has 0 atom stereocenters. The van der Waals surface area contributed by atoms with Gasteiger partial charge in [0, 0.05) is 23.8 Å². The summed E-state index contributed by atoms with van der Waals surface area (Å²) in [5.74, 6) is -0.445. The highest BCUT2D eigenvalue weighted by Gasteiger charge is 2.12. The average Bonchev–Trinajstić information content (AvgIpc) is 3.35. The van der Waals surface area contributed by atoms with Gasteiger partial charge in [0.2, 0.25) is 5.91 Å². The number of thiazole rings is 1. The molecule has 2 heterocycles. The number of benzene rings is 1. The van der Waals surface area contributed by atoms with Gasteiger partial charge >= 0.3 is 6.03 Å². The number of carbonyl (C=O) groups excluding carboxylic acids is 3. The van der Waals surface area contributed by atoms with Crippen LogP contribution in [0, 0.1) is 0 Å². The molecule has 8 nitrogen and oxygen atoms in total. The minimum Gasteiger partial charge on any atom is -0.341 e. The molecule has 0 bridgehead atoms. The lowest BCUT2D eigenvalue weighted by Crippen LogP contribution is -2.24. The Kier molecular flexibility index (Phi) is 6.35. The number of carbonyl (C=O) groups is 3. The maximum absolute atomic E-state index is 12.2. The summed E-state index contributed by atoms with van der Waals surface area (Å²) in [6.07, 6.45) is 0.0869. The minimum absolute atomic E-state index is 0.0869. The van der Waals surface area contributed by atoms with E-state index in [2.05, 4.69) is 26.3 Å². The summed E-state index contributed by atoms with van der Waals surface area (Å²) in [7, 11) is 1.53. The predicted octanol–water partition coefficient (Wildman–Crippen LogP) is 3.39. The fourth-order valence-electron chi connectivity index (χ4n) is 2.21. The molecule has 3 rings (SSSR count). The first-order chi connectivity index (χ1) is 13.5. The number of thiophene rings is 1. The zero-order chi connectivity index (χ0) is 19.9. The first-order valence-corrected chi connectivity index (χ1v) is 9.97. The third-order valence-electron chi connectivity index (χ3n) is 3.51. The monoisotopic (exact) mass is 415 g/mol. The molecular formula is C18H17N5O3S2. The van der Waals surface area contributed by atoms with E-state index in [9.17, 15) is 14.4 Å². The van der Waals surface area contributed by atoms with Crippen molar-refractivity contribution >= 4 is 57.0 Å². The van der Waals surface area contributed by atoms with E-state index in [0.717, 1.165) is 0 Å². The van der Waals surface area contributed by atoms with Crippen LogP contribution in [0.5, 0.6) is 0 Å². The number of hydrogen-bond acceptors (Lipinski definition) is 6. The highest BCUT2D eigenvalue weighted by molar-refractivity contribution is 7.14. The zero-order valence-corrected chi connectivity index (χ0v) is 16.4. The molecule has 0 unspecified atom stereocenters. The topological polar surface area (TPSA) is 112 Å². The lowest BCUT2D eigenvalue weighted by Gasteiger charge is -2.07. The van der Waals surface area contributed by atoms with Gasteiger partial charge in [0.05, 0.1) is 17.0 Å². The number of hydrogen-bond donors (Lipinski definition) is 4. The normalized spacial score (nSPS) is 10.2. The van der Waals surface area contributed by atoms with E-state index in [-0.39, 0.29) is 24.3 Å². The fourth-order valence-corrected chi connectivity index (χ4v) is 3.54. The maximum atomic E-state index is 12.2. The van der Waals surface area contributed by atoms with Gasteiger partial charge in [-0.1, -0.05) is 6.07 Å². The van der Waals surface area contributed by atoms with E-state index in [1.165, 1.54) is 29.7 Å². The van der Waals surface area contributed by atoms with Gasteiger partial charge in [0.25, 0.3) is 5.91 Å². The van der Waals surface area contributed by atoms with Gasteiger partial charge in [0.15, 0.2) is 5.13 Å². The zero-order valence-electron chi connectivity index (χ0n) is 14.8. The van der Waals surface area contributed by atoms with Crippen LogP contribution in [0.25, 0.3) is 0 Å². The van der Waals surface area contributed by atoms with Gasteiger partial charge in [0.1, 0.15) is 0 Å². The quantitative estimate of drug-likeness (QED) is 0.494. The Balaban J connectivity index is 1.52. The van der Waals surface area contributed by atoms with Crippen LogP contribution >= 0.6 is 22.7 Å². The van der Waals surface area contributed by atoms with Gasteiger partial charge in [-0.25, -0.2) is 9.78 Å². The number of aromatic nitrogens is 1.